The largest absolute Gasteiger partial charge is 0.311 e. The monoisotopic (exact) mass is 806 g/mol. The number of nitrogens with zero attached hydrogens (tertiary/aromatic N) is 2. The minimum Gasteiger partial charge on any atom is -0.311 e. The molecule has 62 heavy (non-hydrogen) atoms. The fraction of sp³-hybridized carbons (Fsp3) is 0.288. The number of fused-ring (bicyclic) bond motifs is 6. The first kappa shape index (κ1) is 39.1. The second kappa shape index (κ2) is 13.1. The molecule has 2 heterocycles. The van der Waals surface area contributed by atoms with Crippen molar-refractivity contribution in [3.05, 3.63) is 185 Å². The molecule has 0 amide bonds. The van der Waals surface area contributed by atoms with Crippen LogP contribution in [0.4, 0.5) is 34.1 Å². The Bertz CT molecular complexity index is 2900. The molecule has 0 atom stereocenters. The number of hydrogen-bond donors (Lipinski definition) is 0. The van der Waals surface area contributed by atoms with Gasteiger partial charge in [-0.3, -0.25) is 0 Å². The van der Waals surface area contributed by atoms with Gasteiger partial charge in [0.15, 0.2) is 0 Å². The van der Waals surface area contributed by atoms with E-state index < -0.39 is 0 Å². The summed E-state index contributed by atoms with van der Waals surface area (Å²) in [5.74, 6) is 0. The molecule has 0 aromatic heterocycles. The molecule has 0 N–H and O–H groups in total. The highest BCUT2D eigenvalue weighted by atomic mass is 15.2. The molecule has 0 bridgehead atoms. The van der Waals surface area contributed by atoms with Crippen LogP contribution in [0.2, 0.25) is 0 Å². The molecule has 7 aromatic carbocycles. The van der Waals surface area contributed by atoms with Gasteiger partial charge in [-0.25, -0.2) is 0 Å². The van der Waals surface area contributed by atoms with Crippen molar-refractivity contribution in [2.75, 3.05) is 9.80 Å². The first-order chi connectivity index (χ1) is 29.5. The van der Waals surface area contributed by atoms with Crippen molar-refractivity contribution in [3.63, 3.8) is 0 Å². The predicted octanol–water partition coefficient (Wildman–Crippen LogP) is 13.7. The summed E-state index contributed by atoms with van der Waals surface area (Å²) in [5.41, 5.74) is 22.9. The molecule has 2 aliphatic carbocycles. The van der Waals surface area contributed by atoms with Crippen molar-refractivity contribution in [3.8, 4) is 11.1 Å². The maximum atomic E-state index is 2.67. The average molecular weight is 807 g/mol. The van der Waals surface area contributed by atoms with Crippen LogP contribution in [-0.4, -0.2) is 6.71 Å². The molecule has 4 aliphatic rings. The third kappa shape index (κ3) is 5.69. The molecule has 308 valence electrons. The van der Waals surface area contributed by atoms with E-state index in [1.54, 1.807) is 0 Å². The van der Waals surface area contributed by atoms with Crippen molar-refractivity contribution < 1.29 is 0 Å². The van der Waals surface area contributed by atoms with Gasteiger partial charge in [0, 0.05) is 39.5 Å². The Morgan fingerprint density at radius 1 is 0.403 bits per heavy atom. The van der Waals surface area contributed by atoms with Gasteiger partial charge in [-0.1, -0.05) is 172 Å². The second-order valence-electron chi connectivity index (χ2n) is 22.1. The van der Waals surface area contributed by atoms with E-state index in [0.717, 1.165) is 24.2 Å². The zero-order chi connectivity index (χ0) is 43.1. The molecule has 0 radical (unpaired) electrons. The van der Waals surface area contributed by atoms with E-state index in [4.69, 9.17) is 0 Å². The van der Waals surface area contributed by atoms with Crippen LogP contribution in [0.3, 0.4) is 0 Å². The molecule has 2 aliphatic heterocycles. The van der Waals surface area contributed by atoms with E-state index in [1.165, 1.54) is 83.6 Å². The van der Waals surface area contributed by atoms with Crippen LogP contribution >= 0.6 is 0 Å². The van der Waals surface area contributed by atoms with Crippen molar-refractivity contribution in [2.24, 2.45) is 0 Å². The number of para-hydroxylation sites is 2. The van der Waals surface area contributed by atoms with Crippen LogP contribution < -0.4 is 26.2 Å². The number of rotatable bonds is 5. The Balaban J connectivity index is 1.26. The minimum atomic E-state index is -0.285. The standard InChI is InChI=1S/C59H59BN2/c1-55(2)36-56(3,4)45-31-42(27-28-44(45)55)62-52-29-26-39(38-20-14-11-15-21-38)30-51(52)60-50-35-47-46(57(5,6)37-58(47,7)8)34-48(50)59(9,10)49-32-43(33-53(62)54(49)60)61(40-22-16-12-17-23-40)41-24-18-13-19-25-41/h11-35H,36-37H2,1-10H3. The maximum absolute atomic E-state index is 2.67. The molecule has 7 aromatic rings. The van der Waals surface area contributed by atoms with Crippen LogP contribution in [0.15, 0.2) is 152 Å². The van der Waals surface area contributed by atoms with Gasteiger partial charge >= 0.3 is 0 Å². The van der Waals surface area contributed by atoms with Gasteiger partial charge in [0.25, 0.3) is 0 Å². The van der Waals surface area contributed by atoms with Crippen LogP contribution in [0.1, 0.15) is 115 Å². The minimum absolute atomic E-state index is 0.0588. The summed E-state index contributed by atoms with van der Waals surface area (Å²) in [4.78, 5) is 5.10. The summed E-state index contributed by atoms with van der Waals surface area (Å²) < 4.78 is 0. The molecule has 0 saturated carbocycles. The molecular formula is C59H59BN2. The van der Waals surface area contributed by atoms with Gasteiger partial charge in [-0.15, -0.1) is 0 Å². The van der Waals surface area contributed by atoms with Gasteiger partial charge in [0.2, 0.25) is 6.71 Å². The molecule has 2 nitrogen and oxygen atoms in total. The normalized spacial score (nSPS) is 18.6. The summed E-state index contributed by atoms with van der Waals surface area (Å²) in [6.45, 7) is 24.6. The van der Waals surface area contributed by atoms with Crippen molar-refractivity contribution in [2.45, 2.75) is 109 Å². The number of benzene rings is 7. The third-order valence-corrected chi connectivity index (χ3v) is 15.4. The Labute approximate surface area is 370 Å². The highest BCUT2D eigenvalue weighted by Crippen LogP contribution is 2.54. The first-order valence-corrected chi connectivity index (χ1v) is 22.9. The fourth-order valence-corrected chi connectivity index (χ4v) is 13.1. The summed E-state index contributed by atoms with van der Waals surface area (Å²) in [7, 11) is 0. The summed E-state index contributed by atoms with van der Waals surface area (Å²) in [5, 5.41) is 0. The second-order valence-corrected chi connectivity index (χ2v) is 22.1. The molecule has 0 fully saturated rings. The summed E-state index contributed by atoms with van der Waals surface area (Å²) >= 11 is 0. The Morgan fingerprint density at radius 2 is 0.952 bits per heavy atom. The van der Waals surface area contributed by atoms with E-state index in [9.17, 15) is 0 Å². The lowest BCUT2D eigenvalue weighted by molar-refractivity contribution is 0.402. The Kier molecular flexibility index (Phi) is 8.27. The van der Waals surface area contributed by atoms with Gasteiger partial charge in [-0.2, -0.15) is 0 Å². The van der Waals surface area contributed by atoms with Crippen LogP contribution in [-0.2, 0) is 27.1 Å². The van der Waals surface area contributed by atoms with Crippen molar-refractivity contribution in [1.82, 2.24) is 0 Å². The quantitative estimate of drug-likeness (QED) is 0.160. The highest BCUT2D eigenvalue weighted by Gasteiger charge is 2.51. The van der Waals surface area contributed by atoms with Crippen LogP contribution in [0.5, 0.6) is 0 Å². The molecule has 0 unspecified atom stereocenters. The lowest BCUT2D eigenvalue weighted by Gasteiger charge is -2.47. The van der Waals surface area contributed by atoms with Gasteiger partial charge in [0.1, 0.15) is 0 Å². The van der Waals surface area contributed by atoms with Crippen molar-refractivity contribution >= 4 is 57.2 Å². The summed E-state index contributed by atoms with van der Waals surface area (Å²) in [6, 6.07) is 58.0. The molecule has 0 saturated heterocycles. The number of anilines is 6. The Hall–Kier alpha value is -5.80. The maximum Gasteiger partial charge on any atom is 0.247 e. The topological polar surface area (TPSA) is 6.48 Å². The Morgan fingerprint density at radius 3 is 1.56 bits per heavy atom. The molecule has 11 rings (SSSR count). The van der Waals surface area contributed by atoms with E-state index in [1.807, 2.05) is 0 Å². The predicted molar refractivity (Wildman–Crippen MR) is 266 cm³/mol. The lowest BCUT2D eigenvalue weighted by Crippen LogP contribution is -2.64. The van der Waals surface area contributed by atoms with E-state index in [-0.39, 0.29) is 33.8 Å². The lowest BCUT2D eigenvalue weighted by atomic mass is 9.30. The summed E-state index contributed by atoms with van der Waals surface area (Å²) in [6.07, 6.45) is 2.27. The first-order valence-electron chi connectivity index (χ1n) is 22.9. The van der Waals surface area contributed by atoms with E-state index >= 15 is 0 Å². The fourth-order valence-electron chi connectivity index (χ4n) is 13.1. The van der Waals surface area contributed by atoms with E-state index in [0.29, 0.717) is 0 Å². The van der Waals surface area contributed by atoms with Crippen LogP contribution in [0.25, 0.3) is 11.1 Å². The smallest absolute Gasteiger partial charge is 0.247 e. The molecular weight excluding hydrogens is 747 g/mol. The van der Waals surface area contributed by atoms with E-state index in [2.05, 4.69) is 231 Å². The van der Waals surface area contributed by atoms with Gasteiger partial charge in [-0.05, 0) is 145 Å². The van der Waals surface area contributed by atoms with Gasteiger partial charge < -0.3 is 9.80 Å². The molecule has 3 heteroatoms. The SMILES string of the molecule is CC1(C)CC(C)(C)c2cc(N3c4ccc(-c5ccccc5)cc4B4c5cc6c(cc5C(C)(C)c5cc(N(c7ccccc7)c7ccccc7)cc3c54)C(C)(C)CC6(C)C)ccc21. The highest BCUT2D eigenvalue weighted by molar-refractivity contribution is 6.99. The van der Waals surface area contributed by atoms with Gasteiger partial charge in [0.05, 0.1) is 0 Å². The zero-order valence-electron chi connectivity index (χ0n) is 38.3. The van der Waals surface area contributed by atoms with Crippen molar-refractivity contribution in [1.29, 1.82) is 0 Å². The zero-order valence-corrected chi connectivity index (χ0v) is 38.3. The molecule has 0 spiro atoms. The average Bonchev–Trinajstić information content (AvgIpc) is 3.56. The third-order valence-electron chi connectivity index (χ3n) is 15.4. The van der Waals surface area contributed by atoms with Crippen LogP contribution in [0, 0.1) is 0 Å². The number of hydrogen-bond acceptors (Lipinski definition) is 2.